The number of aromatic nitrogens is 3. The zero-order chi connectivity index (χ0) is 25.1. The number of rotatable bonds is 8. The zero-order valence-electron chi connectivity index (χ0n) is 19.5. The fourth-order valence-electron chi connectivity index (χ4n) is 3.56. The highest BCUT2D eigenvalue weighted by molar-refractivity contribution is 6.00. The minimum Gasteiger partial charge on any atom is -0.366 e. The van der Waals surface area contributed by atoms with E-state index in [0.717, 1.165) is 11.3 Å². The van der Waals surface area contributed by atoms with E-state index in [2.05, 4.69) is 30.9 Å². The van der Waals surface area contributed by atoms with Crippen molar-refractivity contribution in [1.82, 2.24) is 14.9 Å². The molecule has 0 radical (unpaired) electrons. The largest absolute Gasteiger partial charge is 0.366 e. The van der Waals surface area contributed by atoms with Crippen molar-refractivity contribution in [2.24, 2.45) is 5.73 Å². The molecule has 0 saturated carbocycles. The smallest absolute Gasteiger partial charge is 0.351 e. The Morgan fingerprint density at radius 1 is 1.11 bits per heavy atom. The molecule has 0 unspecified atom stereocenters. The maximum atomic E-state index is 13.9. The maximum absolute atomic E-state index is 13.9. The number of carbonyl (C=O) groups is 2. The number of amides is 2. The molecule has 0 aliphatic carbocycles. The highest BCUT2D eigenvalue weighted by Gasteiger charge is 2.18. The van der Waals surface area contributed by atoms with Crippen molar-refractivity contribution in [1.29, 1.82) is 0 Å². The van der Waals surface area contributed by atoms with Gasteiger partial charge in [-0.1, -0.05) is 11.1 Å². The average molecular weight is 478 g/mol. The predicted molar refractivity (Wildman–Crippen MR) is 132 cm³/mol. The van der Waals surface area contributed by atoms with Crippen molar-refractivity contribution >= 4 is 51.7 Å². The van der Waals surface area contributed by atoms with Crippen molar-refractivity contribution in [2.45, 2.75) is 6.92 Å². The van der Waals surface area contributed by atoms with Gasteiger partial charge in [0.2, 0.25) is 17.4 Å². The second kappa shape index (κ2) is 9.77. The Labute approximate surface area is 200 Å². The molecule has 4 rings (SSSR count). The fourth-order valence-corrected chi connectivity index (χ4v) is 3.56. The summed E-state index contributed by atoms with van der Waals surface area (Å²) in [5, 5.41) is 9.82. The van der Waals surface area contributed by atoms with Gasteiger partial charge in [-0.05, 0) is 63.0 Å². The number of primary amides is 1. The lowest BCUT2D eigenvalue weighted by Crippen LogP contribution is -2.27. The lowest BCUT2D eigenvalue weighted by Gasteiger charge is -2.12. The molecule has 0 aliphatic rings. The zero-order valence-corrected chi connectivity index (χ0v) is 19.5. The van der Waals surface area contributed by atoms with E-state index in [-0.39, 0.29) is 23.7 Å². The summed E-state index contributed by atoms with van der Waals surface area (Å²) in [5.41, 5.74) is 8.72. The van der Waals surface area contributed by atoms with Crippen LogP contribution in [0.2, 0.25) is 0 Å². The van der Waals surface area contributed by atoms with Crippen molar-refractivity contribution in [3.63, 3.8) is 0 Å². The van der Waals surface area contributed by atoms with Crippen LogP contribution < -0.4 is 26.7 Å². The van der Waals surface area contributed by atoms with Crippen LogP contribution in [0, 0.1) is 12.7 Å². The second-order valence-electron chi connectivity index (χ2n) is 8.32. The molecule has 7 N–H and O–H groups in total. The molecule has 2 aromatic carbocycles. The molecule has 35 heavy (non-hydrogen) atoms. The third kappa shape index (κ3) is 5.53. The number of nitrogens with zero attached hydrogens (tertiary/aromatic N) is 2. The summed E-state index contributed by atoms with van der Waals surface area (Å²) in [5.74, 6) is -0.591. The fraction of sp³-hybridized carbons (Fsp3) is 0.167. The molecule has 4 aromatic rings. The summed E-state index contributed by atoms with van der Waals surface area (Å²) in [6.07, 6.45) is 1.73. The summed E-state index contributed by atoms with van der Waals surface area (Å²) in [7, 11) is 3.64. The van der Waals surface area contributed by atoms with Gasteiger partial charge in [-0.25, -0.2) is 9.37 Å². The van der Waals surface area contributed by atoms with Gasteiger partial charge in [0, 0.05) is 11.9 Å². The molecule has 2 heterocycles. The van der Waals surface area contributed by atoms with Crippen molar-refractivity contribution in [3.05, 3.63) is 65.6 Å². The molecule has 10 nitrogen and oxygen atoms in total. The average Bonchev–Trinajstić information content (AvgIpc) is 3.24. The summed E-state index contributed by atoms with van der Waals surface area (Å²) in [6, 6.07) is 11.0. The van der Waals surface area contributed by atoms with Gasteiger partial charge in [0.25, 0.3) is 5.91 Å². The normalized spacial score (nSPS) is 11.0. The van der Waals surface area contributed by atoms with Gasteiger partial charge in [-0.15, -0.1) is 0 Å². The maximum Gasteiger partial charge on any atom is 0.351 e. The third-order valence-electron chi connectivity index (χ3n) is 5.20. The number of anilines is 5. The van der Waals surface area contributed by atoms with Crippen LogP contribution in [0.15, 0.2) is 48.7 Å². The lowest BCUT2D eigenvalue weighted by molar-refractivity contribution is -0.333. The molecule has 11 heteroatoms. The van der Waals surface area contributed by atoms with E-state index in [4.69, 9.17) is 5.73 Å². The summed E-state index contributed by atoms with van der Waals surface area (Å²) >= 11 is 0. The van der Waals surface area contributed by atoms with Gasteiger partial charge < -0.3 is 21.3 Å². The molecule has 0 saturated heterocycles. The van der Waals surface area contributed by atoms with Crippen LogP contribution in [0.25, 0.3) is 11.0 Å². The van der Waals surface area contributed by atoms with Crippen molar-refractivity contribution in [2.75, 3.05) is 36.6 Å². The second-order valence-corrected chi connectivity index (χ2v) is 8.32. The number of H-pyrrole nitrogens is 2. The van der Waals surface area contributed by atoms with Crippen molar-refractivity contribution < 1.29 is 19.0 Å². The highest BCUT2D eigenvalue weighted by Crippen LogP contribution is 2.28. The topological polar surface area (TPSA) is 142 Å². The minimum atomic E-state index is -0.692. The molecular weight excluding hydrogens is 451 g/mol. The number of aryl methyl sites for hydroxylation is 1. The number of benzene rings is 2. The van der Waals surface area contributed by atoms with Crippen LogP contribution in [0.5, 0.6) is 0 Å². The third-order valence-corrected chi connectivity index (χ3v) is 5.20. The van der Waals surface area contributed by atoms with Crippen molar-refractivity contribution in [3.8, 4) is 0 Å². The number of nitrogens with two attached hydrogens (primary N) is 1. The quantitative estimate of drug-likeness (QED) is 0.264. The summed E-state index contributed by atoms with van der Waals surface area (Å²) in [4.78, 5) is 36.6. The molecule has 0 spiro atoms. The Hall–Kier alpha value is -4.51. The van der Waals surface area contributed by atoms with E-state index in [1.54, 1.807) is 17.2 Å². The number of aromatic amines is 2. The molecule has 2 aromatic heterocycles. The van der Waals surface area contributed by atoms with Gasteiger partial charge in [-0.2, -0.15) is 0 Å². The van der Waals surface area contributed by atoms with Crippen LogP contribution in [-0.2, 0) is 4.79 Å². The van der Waals surface area contributed by atoms with Crippen LogP contribution >= 0.6 is 0 Å². The summed E-state index contributed by atoms with van der Waals surface area (Å²) < 4.78 is 13.9. The molecule has 180 valence electrons. The Bertz CT molecular complexity index is 1420. The Morgan fingerprint density at radius 3 is 2.66 bits per heavy atom. The Kier molecular flexibility index (Phi) is 6.60. The predicted octanol–water partition coefficient (Wildman–Crippen LogP) is 2.91. The molecular formula is C24H26FN8O2+. The standard InChI is InChI=1S/C24H25FN8O2/c1-13-4-6-15(28-20(34)12-33(2)3)11-18(13)30-24-31-22-17(8-9-27-22)23(32-24)29-19-10-14(25)5-7-16(19)21(26)35/h4-11H,12H2,1-3H3,(H2,26,35)(H,28,34)(H3,27,29,30,31,32)/p+1. The van der Waals surface area contributed by atoms with Crippen LogP contribution in [-0.4, -0.2) is 47.3 Å². The Balaban J connectivity index is 1.66. The van der Waals surface area contributed by atoms with Gasteiger partial charge in [0.15, 0.2) is 0 Å². The number of carbonyl (C=O) groups excluding carboxylic acids is 2. The van der Waals surface area contributed by atoms with Gasteiger partial charge in [0.1, 0.15) is 5.82 Å². The molecule has 0 bridgehead atoms. The molecule has 0 aliphatic heterocycles. The Morgan fingerprint density at radius 2 is 1.91 bits per heavy atom. The molecule has 0 fully saturated rings. The van der Waals surface area contributed by atoms with E-state index in [1.165, 1.54) is 18.2 Å². The lowest BCUT2D eigenvalue weighted by atomic mass is 10.1. The molecule has 0 atom stereocenters. The first-order valence-electron chi connectivity index (χ1n) is 10.8. The number of halogens is 1. The number of fused-ring (bicyclic) bond motifs is 1. The first-order valence-corrected chi connectivity index (χ1v) is 10.8. The minimum absolute atomic E-state index is 0.130. The van der Waals surface area contributed by atoms with E-state index < -0.39 is 11.7 Å². The van der Waals surface area contributed by atoms with Gasteiger partial charge >= 0.3 is 5.95 Å². The van der Waals surface area contributed by atoms with Crippen LogP contribution in [0.1, 0.15) is 15.9 Å². The SMILES string of the molecule is Cc1ccc(NC(=O)CN(C)C)cc1Nc1nc(Nc2cc(F)ccc2C(N)=O)c2cc[nH]c2[nH+]1. The summed E-state index contributed by atoms with van der Waals surface area (Å²) in [6.45, 7) is 2.18. The molecule has 2 amide bonds. The number of hydrogen-bond donors (Lipinski definition) is 5. The first kappa shape index (κ1) is 23.6. The van der Waals surface area contributed by atoms with E-state index >= 15 is 0 Å². The number of nitrogens with one attached hydrogen (secondary N) is 5. The first-order chi connectivity index (χ1) is 16.7. The number of likely N-dealkylation sites (N-methyl/N-ethyl adjacent to an activating group) is 1. The van der Waals surface area contributed by atoms with Gasteiger partial charge in [0.05, 0.1) is 28.9 Å². The number of hydrogen-bond acceptors (Lipinski definition) is 6. The monoisotopic (exact) mass is 477 g/mol. The van der Waals surface area contributed by atoms with Crippen LogP contribution in [0.4, 0.5) is 33.2 Å². The van der Waals surface area contributed by atoms with Gasteiger partial charge in [-0.3, -0.25) is 19.9 Å². The van der Waals surface area contributed by atoms with E-state index in [1.807, 2.05) is 39.2 Å². The van der Waals surface area contributed by atoms with Crippen LogP contribution in [0.3, 0.4) is 0 Å². The van der Waals surface area contributed by atoms with E-state index in [9.17, 15) is 14.0 Å². The highest BCUT2D eigenvalue weighted by atomic mass is 19.1. The van der Waals surface area contributed by atoms with E-state index in [0.29, 0.717) is 28.5 Å².